The zero-order chi connectivity index (χ0) is 21.1. The lowest BCUT2D eigenvalue weighted by molar-refractivity contribution is -0.383. The molecule has 0 aliphatic carbocycles. The summed E-state index contributed by atoms with van der Waals surface area (Å²) in [4.78, 5) is 35.3. The number of para-hydroxylation sites is 2. The fourth-order valence-corrected chi connectivity index (χ4v) is 2.70. The fourth-order valence-electron chi connectivity index (χ4n) is 2.53. The summed E-state index contributed by atoms with van der Waals surface area (Å²) in [6.45, 7) is 0. The van der Waals surface area contributed by atoms with Gasteiger partial charge in [-0.25, -0.2) is 0 Å². The van der Waals surface area contributed by atoms with Gasteiger partial charge in [0.1, 0.15) is 17.1 Å². The second-order valence-corrected chi connectivity index (χ2v) is 6.11. The Morgan fingerprint density at radius 3 is 2.69 bits per heavy atom. The van der Waals surface area contributed by atoms with Crippen molar-refractivity contribution in [3.05, 3.63) is 79.7 Å². The number of aromatic nitrogens is 2. The molecule has 2 N–H and O–H groups in total. The number of methoxy groups -OCH3 is 1. The summed E-state index contributed by atoms with van der Waals surface area (Å²) in [5, 5.41) is 27.5. The average Bonchev–Trinajstić information content (AvgIpc) is 2.69. The zero-order valence-corrected chi connectivity index (χ0v) is 15.6. The molecule has 11 heteroatoms. The standard InChI is InChI=1S/C18H13ClN4O6/c1-29-15-5-3-2-4-12(15)22-16(25)9-14(24)17(21-22)18(26)20-11-7-6-10(19)8-13(11)23(27)28/h2-9,24H,1H3,(H,20,26). The van der Waals surface area contributed by atoms with E-state index >= 15 is 0 Å². The number of nitrogens with zero attached hydrogens (tertiary/aromatic N) is 3. The number of nitro groups is 1. The van der Waals surface area contributed by atoms with Gasteiger partial charge in [-0.3, -0.25) is 19.7 Å². The van der Waals surface area contributed by atoms with Crippen molar-refractivity contribution in [3.8, 4) is 17.2 Å². The van der Waals surface area contributed by atoms with Crippen LogP contribution in [-0.2, 0) is 0 Å². The van der Waals surface area contributed by atoms with E-state index < -0.39 is 33.5 Å². The van der Waals surface area contributed by atoms with Crippen LogP contribution in [0, 0.1) is 10.1 Å². The van der Waals surface area contributed by atoms with E-state index in [1.165, 1.54) is 25.3 Å². The first kappa shape index (κ1) is 19.8. The number of amides is 1. The normalized spacial score (nSPS) is 10.4. The van der Waals surface area contributed by atoms with Crippen LogP contribution in [-0.4, -0.2) is 32.8 Å². The molecule has 1 aromatic heterocycles. The molecule has 0 aliphatic heterocycles. The summed E-state index contributed by atoms with van der Waals surface area (Å²) in [5.41, 5.74) is -1.57. The number of carbonyl (C=O) groups excluding carboxylic acids is 1. The van der Waals surface area contributed by atoms with Gasteiger partial charge >= 0.3 is 0 Å². The van der Waals surface area contributed by atoms with Crippen molar-refractivity contribution in [2.24, 2.45) is 0 Å². The number of carbonyl (C=O) groups is 1. The van der Waals surface area contributed by atoms with Crippen LogP contribution in [0.5, 0.6) is 11.5 Å². The third-order valence-electron chi connectivity index (χ3n) is 3.84. The van der Waals surface area contributed by atoms with Gasteiger partial charge in [0.15, 0.2) is 11.4 Å². The molecule has 0 atom stereocenters. The molecular weight excluding hydrogens is 404 g/mol. The average molecular weight is 417 g/mol. The Kier molecular flexibility index (Phi) is 5.46. The predicted octanol–water partition coefficient (Wildman–Crippen LogP) is 2.76. The lowest BCUT2D eigenvalue weighted by Crippen LogP contribution is -2.25. The van der Waals surface area contributed by atoms with Crippen molar-refractivity contribution in [1.29, 1.82) is 0 Å². The highest BCUT2D eigenvalue weighted by Gasteiger charge is 2.22. The van der Waals surface area contributed by atoms with Gasteiger partial charge in [0.25, 0.3) is 17.2 Å². The molecule has 0 aliphatic rings. The smallest absolute Gasteiger partial charge is 0.294 e. The first-order chi connectivity index (χ1) is 13.8. The highest BCUT2D eigenvalue weighted by molar-refractivity contribution is 6.31. The lowest BCUT2D eigenvalue weighted by atomic mass is 10.2. The van der Waals surface area contributed by atoms with Gasteiger partial charge in [0.2, 0.25) is 0 Å². The first-order valence-electron chi connectivity index (χ1n) is 8.04. The summed E-state index contributed by atoms with van der Waals surface area (Å²) < 4.78 is 6.06. The third-order valence-corrected chi connectivity index (χ3v) is 4.08. The summed E-state index contributed by atoms with van der Waals surface area (Å²) in [5.74, 6) is -1.33. The second kappa shape index (κ2) is 7.98. The molecule has 0 unspecified atom stereocenters. The number of halogens is 1. The van der Waals surface area contributed by atoms with Gasteiger partial charge < -0.3 is 15.2 Å². The topological polar surface area (TPSA) is 137 Å². The zero-order valence-electron chi connectivity index (χ0n) is 14.8. The Bertz CT molecular complexity index is 1180. The molecule has 10 nitrogen and oxygen atoms in total. The van der Waals surface area contributed by atoms with E-state index in [-0.39, 0.29) is 16.4 Å². The van der Waals surface area contributed by atoms with Gasteiger partial charge in [-0.2, -0.15) is 9.78 Å². The van der Waals surface area contributed by atoms with Crippen LogP contribution >= 0.6 is 11.6 Å². The Morgan fingerprint density at radius 1 is 1.28 bits per heavy atom. The van der Waals surface area contributed by atoms with Crippen molar-refractivity contribution in [2.75, 3.05) is 12.4 Å². The third kappa shape index (κ3) is 4.01. The van der Waals surface area contributed by atoms with Crippen molar-refractivity contribution >= 4 is 28.9 Å². The van der Waals surface area contributed by atoms with Crippen LogP contribution < -0.4 is 15.6 Å². The summed E-state index contributed by atoms with van der Waals surface area (Å²) in [7, 11) is 1.40. The molecule has 0 saturated heterocycles. The maximum atomic E-state index is 12.6. The Labute approximate surface area is 168 Å². The monoisotopic (exact) mass is 416 g/mol. The fraction of sp³-hybridized carbons (Fsp3) is 0.0556. The molecule has 1 heterocycles. The number of aromatic hydroxyl groups is 1. The van der Waals surface area contributed by atoms with Crippen molar-refractivity contribution in [1.82, 2.24) is 9.78 Å². The Balaban J connectivity index is 2.05. The second-order valence-electron chi connectivity index (χ2n) is 5.67. The maximum absolute atomic E-state index is 12.6. The van der Waals surface area contributed by atoms with Crippen molar-refractivity contribution in [3.63, 3.8) is 0 Å². The Hall–Kier alpha value is -3.92. The first-order valence-corrected chi connectivity index (χ1v) is 8.41. The molecule has 2 aromatic carbocycles. The molecule has 0 radical (unpaired) electrons. The van der Waals surface area contributed by atoms with Crippen LogP contribution in [0.2, 0.25) is 5.02 Å². The number of hydrogen-bond donors (Lipinski definition) is 2. The molecule has 0 saturated carbocycles. The molecule has 3 rings (SSSR count). The molecule has 3 aromatic rings. The van der Waals surface area contributed by atoms with Crippen molar-refractivity contribution in [2.45, 2.75) is 0 Å². The minimum Gasteiger partial charge on any atom is -0.505 e. The number of benzene rings is 2. The predicted molar refractivity (Wildman–Crippen MR) is 104 cm³/mol. The number of nitrogens with one attached hydrogen (secondary N) is 1. The van der Waals surface area contributed by atoms with E-state index in [0.29, 0.717) is 5.75 Å². The van der Waals surface area contributed by atoms with Gasteiger partial charge in [0.05, 0.1) is 12.0 Å². The molecule has 29 heavy (non-hydrogen) atoms. The molecule has 1 amide bonds. The minimum absolute atomic E-state index is 0.111. The number of hydrogen-bond acceptors (Lipinski definition) is 7. The van der Waals surface area contributed by atoms with Crippen LogP contribution in [0.4, 0.5) is 11.4 Å². The SMILES string of the molecule is COc1ccccc1-n1nc(C(=O)Nc2ccc(Cl)cc2[N+](=O)[O-])c(O)cc1=O. The number of ether oxygens (including phenoxy) is 1. The molecule has 0 fully saturated rings. The molecular formula is C18H13ClN4O6. The largest absolute Gasteiger partial charge is 0.505 e. The van der Waals surface area contributed by atoms with Gasteiger partial charge in [-0.05, 0) is 24.3 Å². The number of rotatable bonds is 5. The lowest BCUT2D eigenvalue weighted by Gasteiger charge is -2.12. The molecule has 148 valence electrons. The summed E-state index contributed by atoms with van der Waals surface area (Å²) >= 11 is 5.75. The quantitative estimate of drug-likeness (QED) is 0.482. The van der Waals surface area contributed by atoms with Gasteiger partial charge in [-0.1, -0.05) is 23.7 Å². The number of anilines is 1. The molecule has 0 spiro atoms. The van der Waals surface area contributed by atoms with Crippen molar-refractivity contribution < 1.29 is 19.6 Å². The van der Waals surface area contributed by atoms with E-state index in [4.69, 9.17) is 16.3 Å². The highest BCUT2D eigenvalue weighted by atomic mass is 35.5. The molecule has 0 bridgehead atoms. The van der Waals surface area contributed by atoms with E-state index in [2.05, 4.69) is 10.4 Å². The van der Waals surface area contributed by atoms with E-state index in [0.717, 1.165) is 16.8 Å². The van der Waals surface area contributed by atoms with E-state index in [9.17, 15) is 24.8 Å². The van der Waals surface area contributed by atoms with Crippen LogP contribution in [0.15, 0.2) is 53.3 Å². The van der Waals surface area contributed by atoms with E-state index in [1.807, 2.05) is 0 Å². The minimum atomic E-state index is -0.962. The van der Waals surface area contributed by atoms with Gasteiger partial charge in [-0.15, -0.1) is 0 Å². The van der Waals surface area contributed by atoms with Crippen LogP contribution in [0.25, 0.3) is 5.69 Å². The van der Waals surface area contributed by atoms with E-state index in [1.54, 1.807) is 18.2 Å². The van der Waals surface area contributed by atoms with Crippen LogP contribution in [0.1, 0.15) is 10.5 Å². The Morgan fingerprint density at radius 2 is 2.00 bits per heavy atom. The highest BCUT2D eigenvalue weighted by Crippen LogP contribution is 2.29. The maximum Gasteiger partial charge on any atom is 0.294 e. The number of nitro benzene ring substituents is 1. The summed E-state index contributed by atoms with van der Waals surface area (Å²) in [6, 6.07) is 10.9. The summed E-state index contributed by atoms with van der Waals surface area (Å²) in [6.07, 6.45) is 0. The van der Waals surface area contributed by atoms with Gasteiger partial charge in [0, 0.05) is 17.2 Å². The van der Waals surface area contributed by atoms with Crippen LogP contribution in [0.3, 0.4) is 0 Å².